The molecular formula is C13H19N2O+. The van der Waals surface area contributed by atoms with Crippen LogP contribution in [0, 0.1) is 0 Å². The lowest BCUT2D eigenvalue weighted by atomic mass is 10.2. The van der Waals surface area contributed by atoms with E-state index < -0.39 is 0 Å². The maximum atomic E-state index is 11.2. The number of carbonyl (C=O) groups is 1. The molecule has 0 bridgehead atoms. The van der Waals surface area contributed by atoms with E-state index in [-0.39, 0.29) is 5.91 Å². The average Bonchev–Trinajstić information content (AvgIpc) is 2.31. The summed E-state index contributed by atoms with van der Waals surface area (Å²) in [6.45, 7) is 6.66. The summed E-state index contributed by atoms with van der Waals surface area (Å²) in [5, 5.41) is 0. The molecule has 1 aliphatic rings. The highest BCUT2D eigenvalue weighted by molar-refractivity contribution is 5.73. The summed E-state index contributed by atoms with van der Waals surface area (Å²) in [6, 6.07) is 10.6. The minimum atomic E-state index is 0.207. The largest absolute Gasteiger partial charge is 0.332 e. The highest BCUT2D eigenvalue weighted by Gasteiger charge is 2.21. The molecule has 2 rings (SSSR count). The molecule has 1 aromatic rings. The summed E-state index contributed by atoms with van der Waals surface area (Å²) in [5.41, 5.74) is 1.38. The van der Waals surface area contributed by atoms with Crippen LogP contribution in [-0.4, -0.2) is 37.0 Å². The highest BCUT2D eigenvalue weighted by atomic mass is 16.2. The van der Waals surface area contributed by atoms with Crippen molar-refractivity contribution in [3.63, 3.8) is 0 Å². The van der Waals surface area contributed by atoms with Crippen molar-refractivity contribution >= 4 is 5.91 Å². The molecule has 1 amide bonds. The molecule has 0 unspecified atom stereocenters. The first kappa shape index (κ1) is 11.1. The molecule has 0 atom stereocenters. The minimum absolute atomic E-state index is 0.207. The Bertz CT molecular complexity index is 342. The fraction of sp³-hybridized carbons (Fsp3) is 0.462. The standard InChI is InChI=1S/C13H18N2O/c1-12(16)15-9-7-14(8-10-15)11-13-5-3-2-4-6-13/h2-6H,7-11H2,1H3/p+1. The zero-order chi connectivity index (χ0) is 11.4. The van der Waals surface area contributed by atoms with Crippen LogP contribution in [0.4, 0.5) is 0 Å². The SMILES string of the molecule is CC(=O)N1CC[NH+](Cc2ccccc2)CC1. The van der Waals surface area contributed by atoms with Gasteiger partial charge in [0, 0.05) is 12.5 Å². The normalized spacial score (nSPS) is 17.4. The molecule has 0 radical (unpaired) electrons. The van der Waals surface area contributed by atoms with Crippen molar-refractivity contribution in [1.29, 1.82) is 0 Å². The second-order valence-corrected chi connectivity index (χ2v) is 4.42. The van der Waals surface area contributed by atoms with Crippen molar-refractivity contribution in [3.8, 4) is 0 Å². The van der Waals surface area contributed by atoms with Crippen molar-refractivity contribution in [3.05, 3.63) is 35.9 Å². The summed E-state index contributed by atoms with van der Waals surface area (Å²) >= 11 is 0. The minimum Gasteiger partial charge on any atom is -0.332 e. The van der Waals surface area contributed by atoms with Crippen LogP contribution in [0.25, 0.3) is 0 Å². The molecule has 86 valence electrons. The first-order chi connectivity index (χ1) is 7.75. The van der Waals surface area contributed by atoms with Gasteiger partial charge in [-0.3, -0.25) is 4.79 Å². The molecule has 1 saturated heterocycles. The topological polar surface area (TPSA) is 24.8 Å². The van der Waals surface area contributed by atoms with Gasteiger partial charge in [-0.25, -0.2) is 0 Å². The maximum Gasteiger partial charge on any atom is 0.219 e. The fourth-order valence-corrected chi connectivity index (χ4v) is 2.20. The van der Waals surface area contributed by atoms with Crippen LogP contribution in [0.2, 0.25) is 0 Å². The van der Waals surface area contributed by atoms with Crippen LogP contribution >= 0.6 is 0 Å². The van der Waals surface area contributed by atoms with E-state index in [2.05, 4.69) is 24.3 Å². The second-order valence-electron chi connectivity index (χ2n) is 4.42. The van der Waals surface area contributed by atoms with Crippen molar-refractivity contribution < 1.29 is 9.69 Å². The predicted octanol–water partition coefficient (Wildman–Crippen LogP) is -0.0664. The third-order valence-corrected chi connectivity index (χ3v) is 3.21. The Hall–Kier alpha value is -1.35. The summed E-state index contributed by atoms with van der Waals surface area (Å²) in [5.74, 6) is 0.207. The molecule has 3 nitrogen and oxygen atoms in total. The molecular weight excluding hydrogens is 200 g/mol. The van der Waals surface area contributed by atoms with Gasteiger partial charge in [0.15, 0.2) is 0 Å². The number of hydrogen-bond acceptors (Lipinski definition) is 1. The van der Waals surface area contributed by atoms with E-state index >= 15 is 0 Å². The Balaban J connectivity index is 1.84. The molecule has 3 heteroatoms. The van der Waals surface area contributed by atoms with Crippen LogP contribution in [0.1, 0.15) is 12.5 Å². The van der Waals surface area contributed by atoms with Gasteiger partial charge in [0.1, 0.15) is 6.54 Å². The molecule has 1 fully saturated rings. The number of piperazine rings is 1. The number of rotatable bonds is 2. The molecule has 0 aliphatic carbocycles. The monoisotopic (exact) mass is 219 g/mol. The smallest absolute Gasteiger partial charge is 0.219 e. The zero-order valence-electron chi connectivity index (χ0n) is 9.78. The number of carbonyl (C=O) groups excluding carboxylic acids is 1. The second kappa shape index (κ2) is 5.12. The summed E-state index contributed by atoms with van der Waals surface area (Å²) in [6.07, 6.45) is 0. The number of amides is 1. The quantitative estimate of drug-likeness (QED) is 0.740. The fourth-order valence-electron chi connectivity index (χ4n) is 2.20. The maximum absolute atomic E-state index is 11.2. The van der Waals surface area contributed by atoms with Crippen molar-refractivity contribution in [2.75, 3.05) is 26.2 Å². The van der Waals surface area contributed by atoms with Gasteiger partial charge in [-0.05, 0) is 0 Å². The van der Waals surface area contributed by atoms with E-state index in [1.165, 1.54) is 5.56 Å². The van der Waals surface area contributed by atoms with E-state index in [0.29, 0.717) is 0 Å². The number of benzene rings is 1. The lowest BCUT2D eigenvalue weighted by Crippen LogP contribution is -3.13. The average molecular weight is 219 g/mol. The van der Waals surface area contributed by atoms with Crippen molar-refractivity contribution in [2.45, 2.75) is 13.5 Å². The third kappa shape index (κ3) is 2.83. The van der Waals surface area contributed by atoms with Crippen LogP contribution < -0.4 is 4.90 Å². The molecule has 1 aliphatic heterocycles. The highest BCUT2D eigenvalue weighted by Crippen LogP contribution is 1.96. The van der Waals surface area contributed by atoms with Crippen molar-refractivity contribution in [2.24, 2.45) is 0 Å². The summed E-state index contributed by atoms with van der Waals surface area (Å²) in [4.78, 5) is 14.7. The van der Waals surface area contributed by atoms with Crippen LogP contribution in [0.15, 0.2) is 30.3 Å². The Morgan fingerprint density at radius 2 is 1.88 bits per heavy atom. The van der Waals surface area contributed by atoms with Gasteiger partial charge >= 0.3 is 0 Å². The Morgan fingerprint density at radius 3 is 2.44 bits per heavy atom. The van der Waals surface area contributed by atoms with Crippen LogP contribution in [0.5, 0.6) is 0 Å². The Labute approximate surface area is 96.7 Å². The molecule has 1 N–H and O–H groups in total. The van der Waals surface area contributed by atoms with Crippen LogP contribution in [-0.2, 0) is 11.3 Å². The molecule has 16 heavy (non-hydrogen) atoms. The summed E-state index contributed by atoms with van der Waals surface area (Å²) in [7, 11) is 0. The Morgan fingerprint density at radius 1 is 1.25 bits per heavy atom. The van der Waals surface area contributed by atoms with E-state index in [1.54, 1.807) is 11.8 Å². The van der Waals surface area contributed by atoms with E-state index in [1.807, 2.05) is 11.0 Å². The van der Waals surface area contributed by atoms with Gasteiger partial charge in [0.25, 0.3) is 0 Å². The molecule has 0 saturated carbocycles. The van der Waals surface area contributed by atoms with Gasteiger partial charge in [-0.1, -0.05) is 30.3 Å². The lowest BCUT2D eigenvalue weighted by molar-refractivity contribution is -0.917. The van der Waals surface area contributed by atoms with Crippen molar-refractivity contribution in [1.82, 2.24) is 4.90 Å². The van der Waals surface area contributed by atoms with E-state index in [9.17, 15) is 4.79 Å². The van der Waals surface area contributed by atoms with E-state index in [4.69, 9.17) is 0 Å². The molecule has 1 heterocycles. The van der Waals surface area contributed by atoms with Gasteiger partial charge < -0.3 is 9.80 Å². The molecule has 0 spiro atoms. The number of quaternary nitrogens is 1. The third-order valence-electron chi connectivity index (χ3n) is 3.21. The van der Waals surface area contributed by atoms with Crippen LogP contribution in [0.3, 0.4) is 0 Å². The lowest BCUT2D eigenvalue weighted by Gasteiger charge is -2.31. The van der Waals surface area contributed by atoms with Gasteiger partial charge in [0.2, 0.25) is 5.91 Å². The molecule has 1 aromatic carbocycles. The number of nitrogens with zero attached hydrogens (tertiary/aromatic N) is 1. The van der Waals surface area contributed by atoms with Gasteiger partial charge in [0.05, 0.1) is 26.2 Å². The Kier molecular flexibility index (Phi) is 3.57. The zero-order valence-corrected chi connectivity index (χ0v) is 9.78. The summed E-state index contributed by atoms with van der Waals surface area (Å²) < 4.78 is 0. The first-order valence-corrected chi connectivity index (χ1v) is 5.89. The number of hydrogen-bond donors (Lipinski definition) is 1. The van der Waals surface area contributed by atoms with E-state index in [0.717, 1.165) is 32.7 Å². The predicted molar refractivity (Wildman–Crippen MR) is 63.1 cm³/mol. The van der Waals surface area contributed by atoms with Gasteiger partial charge in [-0.2, -0.15) is 0 Å². The van der Waals surface area contributed by atoms with Gasteiger partial charge in [-0.15, -0.1) is 0 Å². The first-order valence-electron chi connectivity index (χ1n) is 5.89. The molecule has 0 aromatic heterocycles. The number of nitrogens with one attached hydrogen (secondary N) is 1.